The molecule has 0 aliphatic carbocycles. The van der Waals surface area contributed by atoms with Gasteiger partial charge in [0.2, 0.25) is 5.89 Å². The Kier molecular flexibility index (Phi) is 3.96. The van der Waals surface area contributed by atoms with E-state index < -0.39 is 0 Å². The minimum Gasteiger partial charge on any atom is -0.340 e. The molecule has 7 heteroatoms. The lowest BCUT2D eigenvalue weighted by molar-refractivity contribution is 0.0775. The van der Waals surface area contributed by atoms with Gasteiger partial charge in [-0.2, -0.15) is 10.1 Å². The molecular formula is C15H21N5O2. The summed E-state index contributed by atoms with van der Waals surface area (Å²) >= 11 is 0. The zero-order valence-corrected chi connectivity index (χ0v) is 13.2. The van der Waals surface area contributed by atoms with Crippen LogP contribution in [0, 0.1) is 19.8 Å². The zero-order chi connectivity index (χ0) is 15.7. The summed E-state index contributed by atoms with van der Waals surface area (Å²) in [6, 6.07) is 1.84. The van der Waals surface area contributed by atoms with Crippen molar-refractivity contribution in [3.63, 3.8) is 0 Å². The highest BCUT2D eigenvalue weighted by Crippen LogP contribution is 2.22. The molecule has 3 rings (SSSR count). The topological polar surface area (TPSA) is 77.0 Å². The van der Waals surface area contributed by atoms with Gasteiger partial charge in [0.15, 0.2) is 5.82 Å². The fourth-order valence-electron chi connectivity index (χ4n) is 3.00. The summed E-state index contributed by atoms with van der Waals surface area (Å²) in [4.78, 5) is 18.7. The molecule has 1 saturated heterocycles. The van der Waals surface area contributed by atoms with Crippen LogP contribution in [0.1, 0.15) is 40.7 Å². The van der Waals surface area contributed by atoms with Gasteiger partial charge in [-0.25, -0.2) is 0 Å². The van der Waals surface area contributed by atoms with E-state index in [0.717, 1.165) is 43.9 Å². The monoisotopic (exact) mass is 303 g/mol. The molecule has 2 aromatic heterocycles. The molecule has 22 heavy (non-hydrogen) atoms. The lowest BCUT2D eigenvalue weighted by Crippen LogP contribution is -2.30. The Labute approximate surface area is 129 Å². The predicted octanol–water partition coefficient (Wildman–Crippen LogP) is 1.51. The van der Waals surface area contributed by atoms with Gasteiger partial charge in [-0.1, -0.05) is 5.16 Å². The van der Waals surface area contributed by atoms with Crippen LogP contribution in [0.3, 0.4) is 0 Å². The van der Waals surface area contributed by atoms with Gasteiger partial charge in [0, 0.05) is 33.5 Å². The molecule has 1 aliphatic heterocycles. The van der Waals surface area contributed by atoms with Crippen LogP contribution < -0.4 is 0 Å². The van der Waals surface area contributed by atoms with Gasteiger partial charge in [-0.05, 0) is 31.7 Å². The van der Waals surface area contributed by atoms with Gasteiger partial charge in [-0.3, -0.25) is 9.48 Å². The number of amides is 1. The number of aromatic nitrogens is 4. The summed E-state index contributed by atoms with van der Waals surface area (Å²) in [5, 5.41) is 8.16. The SMILES string of the molecule is Cc1cc(C(=O)N2CCC(CCc3noc(C)n3)C2)n(C)n1. The Balaban J connectivity index is 1.55. The van der Waals surface area contributed by atoms with Crippen LogP contribution in [0.2, 0.25) is 0 Å². The van der Waals surface area contributed by atoms with E-state index in [2.05, 4.69) is 15.2 Å². The maximum absolute atomic E-state index is 12.5. The molecule has 0 spiro atoms. The third kappa shape index (κ3) is 3.03. The minimum absolute atomic E-state index is 0.0704. The molecule has 1 fully saturated rings. The van der Waals surface area contributed by atoms with E-state index in [9.17, 15) is 4.79 Å². The molecule has 0 radical (unpaired) electrons. The number of hydrogen-bond acceptors (Lipinski definition) is 5. The largest absolute Gasteiger partial charge is 0.340 e. The maximum Gasteiger partial charge on any atom is 0.272 e. The van der Waals surface area contributed by atoms with Gasteiger partial charge in [0.05, 0.1) is 5.69 Å². The average Bonchev–Trinajstić information content (AvgIpc) is 3.17. The second-order valence-electron chi connectivity index (χ2n) is 5.97. The van der Waals surface area contributed by atoms with Crippen molar-refractivity contribution < 1.29 is 9.32 Å². The number of likely N-dealkylation sites (tertiary alicyclic amines) is 1. The first-order valence-electron chi connectivity index (χ1n) is 7.62. The van der Waals surface area contributed by atoms with E-state index in [1.54, 1.807) is 11.6 Å². The zero-order valence-electron chi connectivity index (χ0n) is 13.2. The quantitative estimate of drug-likeness (QED) is 0.855. The van der Waals surface area contributed by atoms with Crippen molar-refractivity contribution in [3.8, 4) is 0 Å². The molecule has 0 aromatic carbocycles. The lowest BCUT2D eigenvalue weighted by atomic mass is 10.0. The van der Waals surface area contributed by atoms with Crippen LogP contribution in [0.4, 0.5) is 0 Å². The molecule has 2 aromatic rings. The second kappa shape index (κ2) is 5.90. The van der Waals surface area contributed by atoms with E-state index in [1.807, 2.05) is 24.9 Å². The lowest BCUT2D eigenvalue weighted by Gasteiger charge is -2.16. The highest BCUT2D eigenvalue weighted by Gasteiger charge is 2.28. The molecule has 118 valence electrons. The minimum atomic E-state index is 0.0704. The van der Waals surface area contributed by atoms with Gasteiger partial charge in [-0.15, -0.1) is 0 Å². The number of hydrogen-bond donors (Lipinski definition) is 0. The molecule has 0 N–H and O–H groups in total. The van der Waals surface area contributed by atoms with Crippen molar-refractivity contribution in [2.24, 2.45) is 13.0 Å². The van der Waals surface area contributed by atoms with Crippen LogP contribution in [-0.2, 0) is 13.5 Å². The molecule has 1 unspecified atom stereocenters. The van der Waals surface area contributed by atoms with Crippen molar-refractivity contribution in [1.82, 2.24) is 24.8 Å². The molecule has 3 heterocycles. The number of nitrogens with zero attached hydrogens (tertiary/aromatic N) is 5. The molecule has 1 amide bonds. The number of carbonyl (C=O) groups is 1. The van der Waals surface area contributed by atoms with E-state index in [4.69, 9.17) is 4.52 Å². The standard InChI is InChI=1S/C15H21N5O2/c1-10-8-13(19(3)17-10)15(21)20-7-6-12(9-20)4-5-14-16-11(2)22-18-14/h8,12H,4-7,9H2,1-3H3. The van der Waals surface area contributed by atoms with Crippen molar-refractivity contribution >= 4 is 5.91 Å². The van der Waals surface area contributed by atoms with Crippen LogP contribution in [0.5, 0.6) is 0 Å². The van der Waals surface area contributed by atoms with E-state index in [-0.39, 0.29) is 5.91 Å². The van der Waals surface area contributed by atoms with Crippen molar-refractivity contribution in [2.45, 2.75) is 33.1 Å². The fraction of sp³-hybridized carbons (Fsp3) is 0.600. The first kappa shape index (κ1) is 14.7. The highest BCUT2D eigenvalue weighted by molar-refractivity contribution is 5.92. The molecule has 0 saturated carbocycles. The van der Waals surface area contributed by atoms with Crippen LogP contribution in [-0.4, -0.2) is 43.8 Å². The third-order valence-electron chi connectivity index (χ3n) is 4.14. The molecular weight excluding hydrogens is 282 g/mol. The number of aryl methyl sites for hydroxylation is 4. The Hall–Kier alpha value is -2.18. The summed E-state index contributed by atoms with van der Waals surface area (Å²) in [6.45, 7) is 5.29. The summed E-state index contributed by atoms with van der Waals surface area (Å²) in [5.41, 5.74) is 1.53. The Morgan fingerprint density at radius 3 is 2.91 bits per heavy atom. The van der Waals surface area contributed by atoms with Gasteiger partial charge in [0.1, 0.15) is 5.69 Å². The number of carbonyl (C=O) groups excluding carboxylic acids is 1. The normalized spacial score (nSPS) is 18.1. The molecule has 7 nitrogen and oxygen atoms in total. The fourth-order valence-corrected chi connectivity index (χ4v) is 3.00. The van der Waals surface area contributed by atoms with Crippen molar-refractivity contribution in [1.29, 1.82) is 0 Å². The molecule has 1 atom stereocenters. The summed E-state index contributed by atoms with van der Waals surface area (Å²) in [7, 11) is 1.81. The Morgan fingerprint density at radius 2 is 2.27 bits per heavy atom. The average molecular weight is 303 g/mol. The molecule has 1 aliphatic rings. The van der Waals surface area contributed by atoms with Crippen LogP contribution >= 0.6 is 0 Å². The van der Waals surface area contributed by atoms with Crippen molar-refractivity contribution in [2.75, 3.05) is 13.1 Å². The Morgan fingerprint density at radius 1 is 1.45 bits per heavy atom. The molecule has 0 bridgehead atoms. The van der Waals surface area contributed by atoms with Gasteiger partial charge < -0.3 is 9.42 Å². The Bertz CT molecular complexity index is 675. The summed E-state index contributed by atoms with van der Waals surface area (Å²) in [6.07, 6.45) is 2.81. The number of rotatable bonds is 4. The maximum atomic E-state index is 12.5. The highest BCUT2D eigenvalue weighted by atomic mass is 16.5. The summed E-state index contributed by atoms with van der Waals surface area (Å²) < 4.78 is 6.64. The van der Waals surface area contributed by atoms with Crippen LogP contribution in [0.15, 0.2) is 10.6 Å². The van der Waals surface area contributed by atoms with Gasteiger partial charge in [0.25, 0.3) is 5.91 Å². The first-order chi connectivity index (χ1) is 10.5. The summed E-state index contributed by atoms with van der Waals surface area (Å²) in [5.74, 6) is 1.92. The van der Waals surface area contributed by atoms with Crippen LogP contribution in [0.25, 0.3) is 0 Å². The van der Waals surface area contributed by atoms with Gasteiger partial charge >= 0.3 is 0 Å². The van der Waals surface area contributed by atoms with E-state index in [0.29, 0.717) is 17.5 Å². The smallest absolute Gasteiger partial charge is 0.272 e. The van der Waals surface area contributed by atoms with Crippen molar-refractivity contribution in [3.05, 3.63) is 29.2 Å². The van der Waals surface area contributed by atoms with E-state index in [1.165, 1.54) is 0 Å². The first-order valence-corrected chi connectivity index (χ1v) is 7.62. The van der Waals surface area contributed by atoms with E-state index >= 15 is 0 Å². The predicted molar refractivity (Wildman–Crippen MR) is 79.3 cm³/mol. The third-order valence-corrected chi connectivity index (χ3v) is 4.14. The second-order valence-corrected chi connectivity index (χ2v) is 5.97.